The van der Waals surface area contributed by atoms with E-state index in [0.717, 1.165) is 12.0 Å². The summed E-state index contributed by atoms with van der Waals surface area (Å²) in [6, 6.07) is 1.95. The number of carbonyl (C=O) groups excluding carboxylic acids is 1. The Bertz CT molecular complexity index is 1400. The lowest BCUT2D eigenvalue weighted by atomic mass is 10.1. The average Bonchev–Trinajstić information content (AvgIpc) is 3.23. The average molecular weight is 635 g/mol. The lowest BCUT2D eigenvalue weighted by Crippen LogP contribution is -2.34. The van der Waals surface area contributed by atoms with Gasteiger partial charge in [0, 0.05) is 30.8 Å². The number of hydrazone groups is 1. The molecule has 0 aliphatic heterocycles. The van der Waals surface area contributed by atoms with E-state index in [-0.39, 0.29) is 11.9 Å². The van der Waals surface area contributed by atoms with Gasteiger partial charge in [-0.25, -0.2) is 32.7 Å². The molecule has 1 fully saturated rings. The summed E-state index contributed by atoms with van der Waals surface area (Å²) in [4.78, 5) is 27.0. The number of nitro groups is 1. The van der Waals surface area contributed by atoms with Crippen molar-refractivity contribution in [1.82, 2.24) is 15.6 Å². The Morgan fingerprint density at radius 2 is 1.83 bits per heavy atom. The predicted molar refractivity (Wildman–Crippen MR) is 144 cm³/mol. The summed E-state index contributed by atoms with van der Waals surface area (Å²) in [7, 11) is 2.66. The fourth-order valence-corrected chi connectivity index (χ4v) is 4.81. The van der Waals surface area contributed by atoms with Crippen molar-refractivity contribution in [2.24, 2.45) is 22.4 Å². The van der Waals surface area contributed by atoms with E-state index in [1.807, 2.05) is 6.07 Å². The largest absolute Gasteiger partial charge is 0.460 e. The first-order chi connectivity index (χ1) is 19.7. The number of esters is 1. The molecule has 2 N–H and O–H groups in total. The topological polar surface area (TPSA) is 152 Å². The molecular weight excluding hydrogens is 608 g/mol. The highest BCUT2D eigenvalue weighted by Crippen LogP contribution is 2.59. The summed E-state index contributed by atoms with van der Waals surface area (Å²) in [6.45, 7) is 3.95. The van der Waals surface area contributed by atoms with E-state index in [0.29, 0.717) is 16.6 Å². The van der Waals surface area contributed by atoms with Crippen LogP contribution in [0.25, 0.3) is 0 Å². The zero-order valence-electron chi connectivity index (χ0n) is 23.1. The molecule has 0 bridgehead atoms. The minimum atomic E-state index is -1.62. The van der Waals surface area contributed by atoms with Crippen LogP contribution in [0.5, 0.6) is 0 Å². The molecule has 0 saturated heterocycles. The molecule has 1 aliphatic carbocycles. The minimum absolute atomic E-state index is 0.0875. The van der Waals surface area contributed by atoms with Crippen molar-refractivity contribution in [3.8, 4) is 6.07 Å². The van der Waals surface area contributed by atoms with Gasteiger partial charge < -0.3 is 20.1 Å². The summed E-state index contributed by atoms with van der Waals surface area (Å²) >= 11 is 6.92. The number of carbonyl (C=O) groups is 1. The van der Waals surface area contributed by atoms with E-state index in [1.165, 1.54) is 18.4 Å². The standard InChI is InChI=1S/C19H19F4NO3.C6H8ClN5O2S/c1-9(6-24)5-12-13(19(12,2)3)18(25)27-8-11-16(22)14(20)10(7-26-4)15(21)17(11)23;1-8-6(11-12(13)14)10-3-4-2-9-5(7)15-4/h5,12-13H,7-8H2,1-4H3;2H,3H2,1H3,(H2,8,10,11)/b9-5+;/t12-,13+;/m1./s1. The number of guanidine groups is 1. The molecule has 42 heavy (non-hydrogen) atoms. The molecule has 3 rings (SSSR count). The fourth-order valence-electron chi connectivity index (χ4n) is 3.89. The highest BCUT2D eigenvalue weighted by Gasteiger charge is 2.61. The van der Waals surface area contributed by atoms with E-state index in [2.05, 4.69) is 25.5 Å². The Morgan fingerprint density at radius 1 is 1.26 bits per heavy atom. The number of benzene rings is 1. The summed E-state index contributed by atoms with van der Waals surface area (Å²) in [6.07, 6.45) is 3.23. The number of nitrogens with zero attached hydrogens (tertiary/aromatic N) is 4. The number of ether oxygens (including phenoxy) is 2. The molecule has 1 heterocycles. The van der Waals surface area contributed by atoms with Crippen LogP contribution in [0.2, 0.25) is 4.47 Å². The Balaban J connectivity index is 0.000000347. The number of halogens is 5. The molecule has 1 aromatic carbocycles. The van der Waals surface area contributed by atoms with Crippen molar-refractivity contribution in [1.29, 1.82) is 5.26 Å². The first kappa shape index (κ1) is 34.4. The molecule has 2 aromatic rings. The first-order valence-electron chi connectivity index (χ1n) is 12.0. The Kier molecular flexibility index (Phi) is 12.2. The molecule has 228 valence electrons. The second-order valence-electron chi connectivity index (χ2n) is 9.41. The van der Waals surface area contributed by atoms with Gasteiger partial charge in [-0.05, 0) is 18.3 Å². The number of methoxy groups -OCH3 is 1. The lowest BCUT2D eigenvalue weighted by molar-refractivity contribution is -0.485. The van der Waals surface area contributed by atoms with Crippen LogP contribution in [0, 0.1) is 62.0 Å². The normalized spacial score (nSPS) is 17.5. The van der Waals surface area contributed by atoms with Crippen LogP contribution in [0.3, 0.4) is 0 Å². The zero-order valence-corrected chi connectivity index (χ0v) is 24.6. The number of aromatic nitrogens is 1. The maximum Gasteiger partial charge on any atom is 0.310 e. The molecule has 2 atom stereocenters. The van der Waals surface area contributed by atoms with E-state index in [9.17, 15) is 32.5 Å². The van der Waals surface area contributed by atoms with Gasteiger partial charge in [-0.2, -0.15) is 5.26 Å². The molecule has 1 saturated carbocycles. The number of nitriles is 1. The van der Waals surface area contributed by atoms with Gasteiger partial charge in [0.05, 0.1) is 36.3 Å². The van der Waals surface area contributed by atoms with Crippen molar-refractivity contribution < 1.29 is 36.9 Å². The highest BCUT2D eigenvalue weighted by molar-refractivity contribution is 7.15. The quantitative estimate of drug-likeness (QED) is 0.0577. The van der Waals surface area contributed by atoms with Crippen LogP contribution in [0.4, 0.5) is 17.6 Å². The van der Waals surface area contributed by atoms with Gasteiger partial charge in [-0.1, -0.05) is 31.5 Å². The van der Waals surface area contributed by atoms with Crippen LogP contribution in [0.1, 0.15) is 36.8 Å². The summed E-state index contributed by atoms with van der Waals surface area (Å²) in [5.41, 5.74) is -1.94. The maximum atomic E-state index is 14.1. The third-order valence-corrected chi connectivity index (χ3v) is 7.35. The summed E-state index contributed by atoms with van der Waals surface area (Å²) < 4.78 is 65.8. The second-order valence-corrected chi connectivity index (χ2v) is 11.1. The first-order valence-corrected chi connectivity index (χ1v) is 13.2. The molecular formula is C25H27ClF4N6O5S. The number of hydrogen-bond donors (Lipinski definition) is 2. The van der Waals surface area contributed by atoms with Gasteiger partial charge in [0.15, 0.2) is 32.8 Å². The SMILES string of the molecule is CN/C(=N\[N+](=O)[O-])NCc1cnc(Cl)s1.COCc1c(F)c(F)c(COC(=O)[C@@H]2[C@@H](/C=C(\C)C#N)C2(C)C)c(F)c1F. The number of hydrogen-bond acceptors (Lipinski definition) is 8. The molecule has 0 unspecified atom stereocenters. The predicted octanol–water partition coefficient (Wildman–Crippen LogP) is 4.83. The van der Waals surface area contributed by atoms with Crippen molar-refractivity contribution in [2.45, 2.75) is 40.5 Å². The van der Waals surface area contributed by atoms with Crippen LogP contribution in [0.15, 0.2) is 22.9 Å². The van der Waals surface area contributed by atoms with E-state index in [4.69, 9.17) is 21.6 Å². The molecule has 1 aliphatic rings. The molecule has 0 spiro atoms. The number of allylic oxidation sites excluding steroid dienone is 2. The lowest BCUT2D eigenvalue weighted by Gasteiger charge is -2.12. The van der Waals surface area contributed by atoms with Gasteiger partial charge in [-0.3, -0.25) is 4.79 Å². The van der Waals surface area contributed by atoms with Crippen LogP contribution in [-0.4, -0.2) is 36.1 Å². The molecule has 1 aromatic heterocycles. The van der Waals surface area contributed by atoms with Crippen LogP contribution < -0.4 is 10.6 Å². The maximum absolute atomic E-state index is 14.1. The molecule has 17 heteroatoms. The number of rotatable bonds is 9. The number of thiazole rings is 1. The van der Waals surface area contributed by atoms with E-state index >= 15 is 0 Å². The van der Waals surface area contributed by atoms with Gasteiger partial charge in [-0.15, -0.1) is 11.3 Å². The third kappa shape index (κ3) is 8.60. The summed E-state index contributed by atoms with van der Waals surface area (Å²) in [5.74, 6) is -7.97. The van der Waals surface area contributed by atoms with E-state index < -0.39 is 69.9 Å². The monoisotopic (exact) mass is 634 g/mol. The highest BCUT2D eigenvalue weighted by atomic mass is 35.5. The fraction of sp³-hybridized carbons (Fsp3) is 0.440. The van der Waals surface area contributed by atoms with Crippen molar-refractivity contribution >= 4 is 34.9 Å². The minimum Gasteiger partial charge on any atom is -0.460 e. The van der Waals surface area contributed by atoms with Gasteiger partial charge in [0.1, 0.15) is 11.7 Å². The Labute approximate surface area is 247 Å². The molecule has 0 amide bonds. The van der Waals surface area contributed by atoms with Crippen molar-refractivity contribution in [3.63, 3.8) is 0 Å². The van der Waals surface area contributed by atoms with Crippen molar-refractivity contribution in [2.75, 3.05) is 14.2 Å². The molecule has 0 radical (unpaired) electrons. The van der Waals surface area contributed by atoms with Crippen LogP contribution >= 0.6 is 22.9 Å². The Hall–Kier alpha value is -3.81. The van der Waals surface area contributed by atoms with Gasteiger partial charge in [0.25, 0.3) is 5.96 Å². The Morgan fingerprint density at radius 3 is 2.29 bits per heavy atom. The van der Waals surface area contributed by atoms with Crippen molar-refractivity contribution in [3.05, 3.63) is 71.7 Å². The smallest absolute Gasteiger partial charge is 0.310 e. The molecule has 11 nitrogen and oxygen atoms in total. The number of nitrogens with one attached hydrogen (secondary N) is 2. The van der Waals surface area contributed by atoms with E-state index in [1.54, 1.807) is 33.0 Å². The summed E-state index contributed by atoms with van der Waals surface area (Å²) in [5, 5.41) is 26.5. The third-order valence-electron chi connectivity index (χ3n) is 6.24. The van der Waals surface area contributed by atoms with Crippen LogP contribution in [-0.2, 0) is 34.0 Å². The van der Waals surface area contributed by atoms with Gasteiger partial charge >= 0.3 is 5.97 Å². The zero-order chi connectivity index (χ0) is 31.8. The van der Waals surface area contributed by atoms with Gasteiger partial charge in [0.2, 0.25) is 0 Å². The second kappa shape index (κ2) is 14.9.